The summed E-state index contributed by atoms with van der Waals surface area (Å²) >= 11 is 6.06. The monoisotopic (exact) mass is 224 g/mol. The highest BCUT2D eigenvalue weighted by Gasteiger charge is 2.19. The number of para-hydroxylation sites is 1. The van der Waals surface area contributed by atoms with Gasteiger partial charge in [0.25, 0.3) is 0 Å². The van der Waals surface area contributed by atoms with Crippen LogP contribution in [0.4, 0.5) is 5.69 Å². The van der Waals surface area contributed by atoms with Crippen molar-refractivity contribution >= 4 is 23.2 Å². The van der Waals surface area contributed by atoms with Gasteiger partial charge >= 0.3 is 0 Å². The molecule has 0 bridgehead atoms. The van der Waals surface area contributed by atoms with Crippen LogP contribution in [0, 0.1) is 0 Å². The molecule has 0 aromatic heterocycles. The Morgan fingerprint density at radius 2 is 2.13 bits per heavy atom. The Morgan fingerprint density at radius 3 is 2.93 bits per heavy atom. The molecule has 4 heteroatoms. The molecule has 1 aromatic rings. The molecule has 1 aliphatic rings. The van der Waals surface area contributed by atoms with Gasteiger partial charge in [0.1, 0.15) is 0 Å². The second kappa shape index (κ2) is 4.64. The van der Waals surface area contributed by atoms with Crippen molar-refractivity contribution in [1.82, 2.24) is 5.32 Å². The molecule has 0 atom stereocenters. The molecule has 1 aliphatic heterocycles. The van der Waals surface area contributed by atoms with Crippen LogP contribution in [0.15, 0.2) is 24.3 Å². The highest BCUT2D eigenvalue weighted by Crippen LogP contribution is 2.25. The number of amides is 1. The van der Waals surface area contributed by atoms with Gasteiger partial charge in [0.05, 0.1) is 17.3 Å². The van der Waals surface area contributed by atoms with Crippen LogP contribution < -0.4 is 10.2 Å². The summed E-state index contributed by atoms with van der Waals surface area (Å²) < 4.78 is 0. The number of carbonyl (C=O) groups excluding carboxylic acids is 1. The van der Waals surface area contributed by atoms with Gasteiger partial charge in [0.2, 0.25) is 5.91 Å². The molecular formula is C11H13ClN2O. The maximum absolute atomic E-state index is 11.8. The Morgan fingerprint density at radius 1 is 1.33 bits per heavy atom. The van der Waals surface area contributed by atoms with E-state index in [1.54, 1.807) is 4.90 Å². The van der Waals surface area contributed by atoms with Crippen LogP contribution in [0.1, 0.15) is 6.42 Å². The summed E-state index contributed by atoms with van der Waals surface area (Å²) in [5, 5.41) is 3.71. The highest BCUT2D eigenvalue weighted by atomic mass is 35.5. The number of carbonyl (C=O) groups is 1. The van der Waals surface area contributed by atoms with E-state index >= 15 is 0 Å². The number of benzene rings is 1. The largest absolute Gasteiger partial charge is 0.310 e. The van der Waals surface area contributed by atoms with Crippen molar-refractivity contribution in [2.45, 2.75) is 6.42 Å². The molecule has 0 saturated carbocycles. The Labute approximate surface area is 94.0 Å². The number of nitrogens with zero attached hydrogens (tertiary/aromatic N) is 1. The van der Waals surface area contributed by atoms with Crippen molar-refractivity contribution in [3.63, 3.8) is 0 Å². The van der Waals surface area contributed by atoms with Gasteiger partial charge in [0.15, 0.2) is 0 Å². The minimum atomic E-state index is 0.0839. The molecule has 1 saturated heterocycles. The quantitative estimate of drug-likeness (QED) is 0.787. The van der Waals surface area contributed by atoms with Crippen molar-refractivity contribution in [3.8, 4) is 0 Å². The summed E-state index contributed by atoms with van der Waals surface area (Å²) in [7, 11) is 0. The minimum absolute atomic E-state index is 0.0839. The zero-order valence-electron chi connectivity index (χ0n) is 8.37. The Bertz CT molecular complexity index is 367. The zero-order valence-corrected chi connectivity index (χ0v) is 9.13. The van der Waals surface area contributed by atoms with Gasteiger partial charge in [-0.25, -0.2) is 0 Å². The predicted molar refractivity (Wildman–Crippen MR) is 61.3 cm³/mol. The van der Waals surface area contributed by atoms with Crippen LogP contribution in [0.5, 0.6) is 0 Å². The lowest BCUT2D eigenvalue weighted by molar-refractivity contribution is -0.117. The zero-order chi connectivity index (χ0) is 10.7. The topological polar surface area (TPSA) is 32.3 Å². The normalized spacial score (nSPS) is 17.7. The first kappa shape index (κ1) is 10.5. The smallest absolute Gasteiger partial charge is 0.240 e. The van der Waals surface area contributed by atoms with E-state index < -0.39 is 0 Å². The predicted octanol–water partition coefficient (Wildman–Crippen LogP) is 1.67. The summed E-state index contributed by atoms with van der Waals surface area (Å²) in [6.07, 6.45) is 0.955. The third-order valence-corrected chi connectivity index (χ3v) is 2.78. The molecular weight excluding hydrogens is 212 g/mol. The van der Waals surface area contributed by atoms with E-state index in [9.17, 15) is 4.79 Å². The highest BCUT2D eigenvalue weighted by molar-refractivity contribution is 6.33. The molecule has 1 amide bonds. The first-order chi connectivity index (χ1) is 7.29. The Hall–Kier alpha value is -1.06. The fourth-order valence-electron chi connectivity index (χ4n) is 1.70. The van der Waals surface area contributed by atoms with Crippen LogP contribution in [0.25, 0.3) is 0 Å². The van der Waals surface area contributed by atoms with Gasteiger partial charge in [-0.3, -0.25) is 4.79 Å². The molecule has 3 nitrogen and oxygen atoms in total. The lowest BCUT2D eigenvalue weighted by Gasteiger charge is -2.21. The number of halogens is 1. The minimum Gasteiger partial charge on any atom is -0.310 e. The Kier molecular flexibility index (Phi) is 3.23. The summed E-state index contributed by atoms with van der Waals surface area (Å²) in [6, 6.07) is 7.45. The molecule has 80 valence electrons. The van der Waals surface area contributed by atoms with Crippen LogP contribution in [0.3, 0.4) is 0 Å². The van der Waals surface area contributed by atoms with Gasteiger partial charge in [0, 0.05) is 6.54 Å². The first-order valence-corrected chi connectivity index (χ1v) is 5.42. The third-order valence-electron chi connectivity index (χ3n) is 2.46. The van der Waals surface area contributed by atoms with E-state index in [1.807, 2.05) is 24.3 Å². The molecule has 1 aromatic carbocycles. The van der Waals surface area contributed by atoms with Crippen molar-refractivity contribution in [3.05, 3.63) is 29.3 Å². The van der Waals surface area contributed by atoms with E-state index in [0.29, 0.717) is 11.6 Å². The molecule has 2 rings (SSSR count). The molecule has 1 fully saturated rings. The average molecular weight is 225 g/mol. The number of hydrogen-bond acceptors (Lipinski definition) is 2. The van der Waals surface area contributed by atoms with Gasteiger partial charge in [-0.1, -0.05) is 23.7 Å². The third kappa shape index (κ3) is 2.30. The molecule has 15 heavy (non-hydrogen) atoms. The van der Waals surface area contributed by atoms with Crippen molar-refractivity contribution < 1.29 is 4.79 Å². The molecule has 0 radical (unpaired) electrons. The van der Waals surface area contributed by atoms with E-state index in [4.69, 9.17) is 11.6 Å². The standard InChI is InChI=1S/C11H13ClN2O/c12-9-4-1-2-5-10(9)14-7-3-6-13-8-11(14)15/h1-2,4-5,13H,3,6-8H2. The molecule has 0 aliphatic carbocycles. The fourth-order valence-corrected chi connectivity index (χ4v) is 1.94. The molecule has 1 heterocycles. The summed E-state index contributed by atoms with van der Waals surface area (Å²) in [5.41, 5.74) is 0.813. The second-order valence-electron chi connectivity index (χ2n) is 3.53. The van der Waals surface area contributed by atoms with Gasteiger partial charge < -0.3 is 10.2 Å². The van der Waals surface area contributed by atoms with E-state index in [1.165, 1.54) is 0 Å². The van der Waals surface area contributed by atoms with Gasteiger partial charge in [-0.2, -0.15) is 0 Å². The van der Waals surface area contributed by atoms with Crippen LogP contribution in [-0.2, 0) is 4.79 Å². The number of hydrogen-bond donors (Lipinski definition) is 1. The molecule has 0 spiro atoms. The summed E-state index contributed by atoms with van der Waals surface area (Å²) in [4.78, 5) is 13.5. The number of nitrogens with one attached hydrogen (secondary N) is 1. The van der Waals surface area contributed by atoms with Gasteiger partial charge in [-0.05, 0) is 25.1 Å². The van der Waals surface area contributed by atoms with Crippen LogP contribution in [-0.4, -0.2) is 25.5 Å². The van der Waals surface area contributed by atoms with Crippen LogP contribution in [0.2, 0.25) is 5.02 Å². The number of anilines is 1. The maximum atomic E-state index is 11.8. The fraction of sp³-hybridized carbons (Fsp3) is 0.364. The Balaban J connectivity index is 2.28. The summed E-state index contributed by atoms with van der Waals surface area (Å²) in [5.74, 6) is 0.0839. The van der Waals surface area contributed by atoms with Crippen molar-refractivity contribution in [1.29, 1.82) is 0 Å². The van der Waals surface area contributed by atoms with E-state index in [-0.39, 0.29) is 5.91 Å². The van der Waals surface area contributed by atoms with E-state index in [2.05, 4.69) is 5.32 Å². The number of rotatable bonds is 1. The van der Waals surface area contributed by atoms with E-state index in [0.717, 1.165) is 25.2 Å². The SMILES string of the molecule is O=C1CNCCCN1c1ccccc1Cl. The van der Waals surface area contributed by atoms with Crippen molar-refractivity contribution in [2.24, 2.45) is 0 Å². The van der Waals surface area contributed by atoms with Gasteiger partial charge in [-0.15, -0.1) is 0 Å². The summed E-state index contributed by atoms with van der Waals surface area (Å²) in [6.45, 7) is 2.01. The first-order valence-electron chi connectivity index (χ1n) is 5.04. The molecule has 1 N–H and O–H groups in total. The maximum Gasteiger partial charge on any atom is 0.240 e. The van der Waals surface area contributed by atoms with Crippen molar-refractivity contribution in [2.75, 3.05) is 24.5 Å². The lowest BCUT2D eigenvalue weighted by atomic mass is 10.2. The second-order valence-corrected chi connectivity index (χ2v) is 3.93. The molecule has 0 unspecified atom stereocenters. The van der Waals surface area contributed by atoms with Crippen LogP contribution >= 0.6 is 11.6 Å². The lowest BCUT2D eigenvalue weighted by Crippen LogP contribution is -2.34. The average Bonchev–Trinajstić information content (AvgIpc) is 2.44.